The normalized spacial score (nSPS) is 11.4. The van der Waals surface area contributed by atoms with E-state index in [2.05, 4.69) is 65.3 Å². The Labute approximate surface area is 151 Å². The quantitative estimate of drug-likeness (QED) is 0.571. The van der Waals surface area contributed by atoms with Crippen LogP contribution in [-0.2, 0) is 17.6 Å². The van der Waals surface area contributed by atoms with Crippen LogP contribution in [0.3, 0.4) is 0 Å². The molecular formula is C22H30NO2+. The summed E-state index contributed by atoms with van der Waals surface area (Å²) in [4.78, 5) is 12.4. The fraction of sp³-hybridized carbons (Fsp3) is 0.409. The van der Waals surface area contributed by atoms with Gasteiger partial charge in [0, 0.05) is 11.6 Å². The second-order valence-corrected chi connectivity index (χ2v) is 7.38. The topological polar surface area (TPSA) is 26.3 Å². The molecule has 2 aromatic carbocycles. The van der Waals surface area contributed by atoms with Gasteiger partial charge in [-0.3, -0.25) is 4.48 Å². The van der Waals surface area contributed by atoms with E-state index in [0.29, 0.717) is 12.2 Å². The van der Waals surface area contributed by atoms with Gasteiger partial charge in [-0.15, -0.1) is 0 Å². The predicted molar refractivity (Wildman–Crippen MR) is 105 cm³/mol. The van der Waals surface area contributed by atoms with Crippen molar-refractivity contribution in [3.05, 3.63) is 64.2 Å². The van der Waals surface area contributed by atoms with Crippen LogP contribution in [0.1, 0.15) is 46.5 Å². The summed E-state index contributed by atoms with van der Waals surface area (Å²) < 4.78 is 6.04. The zero-order chi connectivity index (χ0) is 18.6. The van der Waals surface area contributed by atoms with Crippen molar-refractivity contribution >= 4 is 11.7 Å². The third kappa shape index (κ3) is 4.70. The highest BCUT2D eigenvalue weighted by atomic mass is 16.5. The molecule has 0 heterocycles. The average Bonchev–Trinajstić information content (AvgIpc) is 2.56. The van der Waals surface area contributed by atoms with Gasteiger partial charge in [0.1, 0.15) is 5.69 Å². The highest BCUT2D eigenvalue weighted by molar-refractivity contribution is 5.91. The first-order valence-electron chi connectivity index (χ1n) is 8.96. The molecule has 0 spiro atoms. The number of carbonyl (C=O) groups is 1. The Morgan fingerprint density at radius 2 is 1.68 bits per heavy atom. The first kappa shape index (κ1) is 19.2. The van der Waals surface area contributed by atoms with Crippen LogP contribution in [0.2, 0.25) is 0 Å². The van der Waals surface area contributed by atoms with Gasteiger partial charge in [0.05, 0.1) is 33.3 Å². The van der Waals surface area contributed by atoms with Gasteiger partial charge < -0.3 is 4.74 Å². The largest absolute Gasteiger partial charge is 0.462 e. The second-order valence-electron chi connectivity index (χ2n) is 7.38. The van der Waals surface area contributed by atoms with Crippen LogP contribution in [0.4, 0.5) is 5.69 Å². The Kier molecular flexibility index (Phi) is 6.02. The van der Waals surface area contributed by atoms with Crippen molar-refractivity contribution in [1.82, 2.24) is 4.48 Å². The summed E-state index contributed by atoms with van der Waals surface area (Å²) in [5, 5.41) is 0. The molecule has 3 nitrogen and oxygen atoms in total. The first-order valence-corrected chi connectivity index (χ1v) is 8.96. The number of benzene rings is 2. The zero-order valence-electron chi connectivity index (χ0n) is 16.3. The molecule has 0 atom stereocenters. The highest BCUT2D eigenvalue weighted by Gasteiger charge is 2.18. The summed E-state index contributed by atoms with van der Waals surface area (Å²) in [5.41, 5.74) is 6.65. The van der Waals surface area contributed by atoms with Gasteiger partial charge >= 0.3 is 5.97 Å². The Morgan fingerprint density at radius 3 is 2.28 bits per heavy atom. The molecule has 0 fully saturated rings. The molecule has 0 aliphatic carbocycles. The van der Waals surface area contributed by atoms with Gasteiger partial charge in [0.15, 0.2) is 0 Å². The number of hydrogen-bond acceptors (Lipinski definition) is 2. The van der Waals surface area contributed by atoms with Crippen molar-refractivity contribution in [2.75, 3.05) is 27.7 Å². The molecule has 0 bridgehead atoms. The van der Waals surface area contributed by atoms with Crippen LogP contribution in [0.15, 0.2) is 36.4 Å². The van der Waals surface area contributed by atoms with E-state index in [9.17, 15) is 4.79 Å². The Balaban J connectivity index is 2.42. The second kappa shape index (κ2) is 7.83. The number of carbonyl (C=O) groups excluding carboxylic acids is 1. The van der Waals surface area contributed by atoms with Gasteiger partial charge in [0.2, 0.25) is 0 Å². The number of ether oxygens (including phenoxy) is 1. The molecule has 25 heavy (non-hydrogen) atoms. The Morgan fingerprint density at radius 1 is 1.00 bits per heavy atom. The van der Waals surface area contributed by atoms with Crippen molar-refractivity contribution in [2.24, 2.45) is 0 Å². The molecule has 0 amide bonds. The van der Waals surface area contributed by atoms with E-state index in [1.165, 1.54) is 16.8 Å². The highest BCUT2D eigenvalue weighted by Crippen LogP contribution is 2.26. The van der Waals surface area contributed by atoms with E-state index in [1.54, 1.807) is 0 Å². The molecule has 0 saturated heterocycles. The molecule has 0 radical (unpaired) electrons. The van der Waals surface area contributed by atoms with Crippen LogP contribution in [0.25, 0.3) is 0 Å². The molecule has 0 saturated carbocycles. The number of quaternary nitrogens is 1. The fourth-order valence-electron chi connectivity index (χ4n) is 3.10. The lowest BCUT2D eigenvalue weighted by atomic mass is 9.96. The summed E-state index contributed by atoms with van der Waals surface area (Å²) in [6.07, 6.45) is 1.63. The summed E-state index contributed by atoms with van der Waals surface area (Å²) >= 11 is 0. The van der Waals surface area contributed by atoms with Gasteiger partial charge in [-0.2, -0.15) is 0 Å². The summed E-state index contributed by atoms with van der Waals surface area (Å²) in [5.74, 6) is -0.230. The summed E-state index contributed by atoms with van der Waals surface area (Å²) in [7, 11) is 6.52. The molecule has 0 aliphatic rings. The molecule has 0 aliphatic heterocycles. The smallest absolute Gasteiger partial charge is 0.338 e. The fourth-order valence-corrected chi connectivity index (χ4v) is 3.10. The standard InChI is InChI=1S/C22H30NO2/c1-7-17-11-12-19(20(14-17)22(24)25-8-2)13-18-10-9-16(3)21(15-18)23(4,5)6/h9-12,14-15H,7-8,13H2,1-6H3/q+1. The molecular weight excluding hydrogens is 310 g/mol. The number of hydrogen-bond donors (Lipinski definition) is 0. The maximum Gasteiger partial charge on any atom is 0.338 e. The summed E-state index contributed by atoms with van der Waals surface area (Å²) in [6.45, 7) is 6.47. The van der Waals surface area contributed by atoms with Crippen molar-refractivity contribution in [1.29, 1.82) is 0 Å². The zero-order valence-corrected chi connectivity index (χ0v) is 16.3. The third-order valence-electron chi connectivity index (χ3n) is 4.47. The molecule has 134 valence electrons. The SMILES string of the molecule is CCOC(=O)c1cc(CC)ccc1Cc1ccc(C)c([N+](C)(C)C)c1. The van der Waals surface area contributed by atoms with E-state index in [1.807, 2.05) is 13.0 Å². The van der Waals surface area contributed by atoms with Crippen LogP contribution in [-0.4, -0.2) is 33.7 Å². The predicted octanol–water partition coefficient (Wildman–Crippen LogP) is 4.52. The lowest BCUT2D eigenvalue weighted by molar-refractivity contribution is 0.0525. The van der Waals surface area contributed by atoms with E-state index in [4.69, 9.17) is 4.74 Å². The monoisotopic (exact) mass is 340 g/mol. The Bertz CT molecular complexity index is 757. The van der Waals surface area contributed by atoms with Crippen molar-refractivity contribution in [2.45, 2.75) is 33.6 Å². The molecule has 0 unspecified atom stereocenters. The van der Waals surface area contributed by atoms with Gasteiger partial charge in [-0.25, -0.2) is 4.79 Å². The maximum absolute atomic E-state index is 12.4. The molecule has 3 heteroatoms. The minimum absolute atomic E-state index is 0.230. The van der Waals surface area contributed by atoms with Crippen LogP contribution < -0.4 is 4.48 Å². The van der Waals surface area contributed by atoms with E-state index in [0.717, 1.165) is 28.5 Å². The van der Waals surface area contributed by atoms with Crippen molar-refractivity contribution in [3.63, 3.8) is 0 Å². The summed E-state index contributed by atoms with van der Waals surface area (Å²) in [6, 6.07) is 12.7. The van der Waals surface area contributed by atoms with Gasteiger partial charge in [0.25, 0.3) is 0 Å². The maximum atomic E-state index is 12.4. The van der Waals surface area contributed by atoms with Crippen LogP contribution >= 0.6 is 0 Å². The molecule has 0 N–H and O–H groups in total. The van der Waals surface area contributed by atoms with Crippen LogP contribution in [0, 0.1) is 6.92 Å². The first-order chi connectivity index (χ1) is 11.8. The van der Waals surface area contributed by atoms with Crippen LogP contribution in [0.5, 0.6) is 0 Å². The molecule has 0 aromatic heterocycles. The third-order valence-corrected chi connectivity index (χ3v) is 4.47. The van der Waals surface area contributed by atoms with Crippen molar-refractivity contribution < 1.29 is 9.53 Å². The number of esters is 1. The van der Waals surface area contributed by atoms with Gasteiger partial charge in [-0.05, 0) is 49.4 Å². The van der Waals surface area contributed by atoms with Gasteiger partial charge in [-0.1, -0.05) is 31.2 Å². The number of rotatable bonds is 6. The minimum atomic E-state index is -0.230. The lowest BCUT2D eigenvalue weighted by Gasteiger charge is -2.26. The lowest BCUT2D eigenvalue weighted by Crippen LogP contribution is -2.35. The average molecular weight is 340 g/mol. The van der Waals surface area contributed by atoms with E-state index in [-0.39, 0.29) is 5.97 Å². The Hall–Kier alpha value is -2.13. The van der Waals surface area contributed by atoms with E-state index < -0.39 is 0 Å². The number of nitrogens with zero attached hydrogens (tertiary/aromatic N) is 1. The molecule has 2 rings (SSSR count). The van der Waals surface area contributed by atoms with Crippen molar-refractivity contribution in [3.8, 4) is 0 Å². The molecule has 2 aromatic rings. The van der Waals surface area contributed by atoms with E-state index >= 15 is 0 Å². The minimum Gasteiger partial charge on any atom is -0.462 e. The number of aryl methyl sites for hydroxylation is 2.